The largest absolute Gasteiger partial charge is 0.484 e. The number of nitrogens with zero attached hydrogens (tertiary/aromatic N) is 2. The highest BCUT2D eigenvalue weighted by molar-refractivity contribution is 7.99. The molecule has 0 spiro atoms. The Labute approximate surface area is 163 Å². The quantitative estimate of drug-likeness (QED) is 0.644. The number of rotatable bonds is 7. The maximum absolute atomic E-state index is 12.4. The monoisotopic (exact) mass is 381 g/mol. The van der Waals surface area contributed by atoms with Crippen molar-refractivity contribution in [2.24, 2.45) is 7.05 Å². The van der Waals surface area contributed by atoms with E-state index < -0.39 is 0 Å². The van der Waals surface area contributed by atoms with Crippen molar-refractivity contribution in [3.63, 3.8) is 0 Å². The van der Waals surface area contributed by atoms with Crippen molar-refractivity contribution in [3.05, 3.63) is 66.5 Å². The normalized spacial score (nSPS) is 10.8. The van der Waals surface area contributed by atoms with Gasteiger partial charge in [-0.15, -0.1) is 0 Å². The average Bonchev–Trinajstić information content (AvgIpc) is 3.06. The highest BCUT2D eigenvalue weighted by Crippen LogP contribution is 2.32. The fraction of sp³-hybridized carbons (Fsp3) is 0.238. The van der Waals surface area contributed by atoms with Crippen molar-refractivity contribution in [1.29, 1.82) is 0 Å². The van der Waals surface area contributed by atoms with Gasteiger partial charge in [-0.25, -0.2) is 4.98 Å². The Morgan fingerprint density at radius 3 is 2.78 bits per heavy atom. The van der Waals surface area contributed by atoms with Crippen molar-refractivity contribution >= 4 is 23.4 Å². The van der Waals surface area contributed by atoms with Crippen LogP contribution in [0.5, 0.6) is 5.75 Å². The molecule has 6 heteroatoms. The van der Waals surface area contributed by atoms with Crippen molar-refractivity contribution in [2.45, 2.75) is 29.8 Å². The maximum atomic E-state index is 12.4. The summed E-state index contributed by atoms with van der Waals surface area (Å²) in [5, 5.41) is 3.79. The number of hydrogen-bond acceptors (Lipinski definition) is 4. The number of ether oxygens (including phenoxy) is 1. The Kier molecular flexibility index (Phi) is 6.19. The molecular weight excluding hydrogens is 358 g/mol. The molecule has 2 aromatic carbocycles. The Morgan fingerprint density at radius 1 is 1.22 bits per heavy atom. The molecule has 0 bridgehead atoms. The van der Waals surface area contributed by atoms with Crippen LogP contribution in [0.4, 0.5) is 5.69 Å². The first kappa shape index (κ1) is 19.0. The molecule has 27 heavy (non-hydrogen) atoms. The number of imidazole rings is 1. The molecule has 3 rings (SSSR count). The number of anilines is 1. The van der Waals surface area contributed by atoms with Gasteiger partial charge in [0.05, 0.1) is 5.69 Å². The van der Waals surface area contributed by atoms with Crippen LogP contribution in [0.25, 0.3) is 0 Å². The minimum atomic E-state index is -0.196. The molecule has 1 N–H and O–H groups in total. The predicted octanol–water partition coefficient (Wildman–Crippen LogP) is 4.71. The van der Waals surface area contributed by atoms with Crippen molar-refractivity contribution in [2.75, 3.05) is 11.9 Å². The summed E-state index contributed by atoms with van der Waals surface area (Å²) in [6.45, 7) is 4.22. The average molecular weight is 382 g/mol. The second-order valence-corrected chi connectivity index (χ2v) is 7.49. The number of aromatic nitrogens is 2. The lowest BCUT2D eigenvalue weighted by molar-refractivity contribution is -0.118. The first-order chi connectivity index (χ1) is 13.0. The van der Waals surface area contributed by atoms with E-state index in [0.29, 0.717) is 11.7 Å². The van der Waals surface area contributed by atoms with E-state index in [1.165, 1.54) is 17.3 Å². The second kappa shape index (κ2) is 8.77. The summed E-state index contributed by atoms with van der Waals surface area (Å²) in [7, 11) is 1.94. The number of para-hydroxylation sites is 1. The van der Waals surface area contributed by atoms with Gasteiger partial charge in [0.25, 0.3) is 5.91 Å². The van der Waals surface area contributed by atoms with Crippen LogP contribution in [0.15, 0.2) is 71.0 Å². The molecule has 0 radical (unpaired) electrons. The molecule has 0 atom stereocenters. The first-order valence-corrected chi connectivity index (χ1v) is 9.61. The zero-order valence-corrected chi connectivity index (χ0v) is 16.5. The Hall–Kier alpha value is -2.73. The standard InChI is InChI=1S/C21H23N3O2S/c1-15(2)16-7-6-8-17(13-16)26-14-20(25)23-18-9-4-5-10-19(18)27-21-22-11-12-24(21)3/h4-13,15H,14H2,1-3H3,(H,23,25). The summed E-state index contributed by atoms with van der Waals surface area (Å²) in [4.78, 5) is 17.6. The van der Waals surface area contributed by atoms with Crippen LogP contribution in [0, 0.1) is 0 Å². The molecule has 5 nitrogen and oxygen atoms in total. The number of hydrogen-bond donors (Lipinski definition) is 1. The SMILES string of the molecule is CC(C)c1cccc(OCC(=O)Nc2ccccc2Sc2nccn2C)c1. The molecule has 0 aliphatic rings. The van der Waals surface area contributed by atoms with Gasteiger partial charge in [-0.05, 0) is 47.5 Å². The van der Waals surface area contributed by atoms with Crippen LogP contribution in [0.3, 0.4) is 0 Å². The third-order valence-electron chi connectivity index (χ3n) is 4.03. The molecule has 1 amide bonds. The van der Waals surface area contributed by atoms with Gasteiger partial charge in [0.2, 0.25) is 0 Å². The molecule has 0 aliphatic carbocycles. The lowest BCUT2D eigenvalue weighted by atomic mass is 10.0. The van der Waals surface area contributed by atoms with Crippen LogP contribution in [-0.2, 0) is 11.8 Å². The minimum absolute atomic E-state index is 0.0387. The number of carbonyl (C=O) groups excluding carboxylic acids is 1. The van der Waals surface area contributed by atoms with Crippen molar-refractivity contribution < 1.29 is 9.53 Å². The molecular formula is C21H23N3O2S. The molecule has 0 fully saturated rings. The number of aryl methyl sites for hydroxylation is 1. The third-order valence-corrected chi connectivity index (χ3v) is 5.19. The lowest BCUT2D eigenvalue weighted by Crippen LogP contribution is -2.20. The molecule has 1 heterocycles. The summed E-state index contributed by atoms with van der Waals surface area (Å²) < 4.78 is 7.60. The van der Waals surface area contributed by atoms with Crippen molar-refractivity contribution in [1.82, 2.24) is 9.55 Å². The molecule has 140 valence electrons. The van der Waals surface area contributed by atoms with E-state index >= 15 is 0 Å². The smallest absolute Gasteiger partial charge is 0.262 e. The number of amides is 1. The molecule has 0 saturated heterocycles. The van der Waals surface area contributed by atoms with E-state index in [2.05, 4.69) is 30.2 Å². The molecule has 0 saturated carbocycles. The highest BCUT2D eigenvalue weighted by atomic mass is 32.2. The van der Waals surface area contributed by atoms with E-state index in [4.69, 9.17) is 4.74 Å². The predicted molar refractivity (Wildman–Crippen MR) is 108 cm³/mol. The van der Waals surface area contributed by atoms with E-state index in [1.54, 1.807) is 6.20 Å². The van der Waals surface area contributed by atoms with E-state index in [0.717, 1.165) is 15.7 Å². The van der Waals surface area contributed by atoms with Gasteiger partial charge in [0, 0.05) is 24.3 Å². The topological polar surface area (TPSA) is 56.1 Å². The van der Waals surface area contributed by atoms with Crippen molar-refractivity contribution in [3.8, 4) is 5.75 Å². The fourth-order valence-corrected chi connectivity index (χ4v) is 3.40. The Morgan fingerprint density at radius 2 is 2.04 bits per heavy atom. The van der Waals surface area contributed by atoms with Crippen LogP contribution in [-0.4, -0.2) is 22.1 Å². The molecule has 3 aromatic rings. The molecule has 1 aromatic heterocycles. The van der Waals surface area contributed by atoms with Gasteiger partial charge in [-0.3, -0.25) is 4.79 Å². The fourth-order valence-electron chi connectivity index (χ4n) is 2.51. The van der Waals surface area contributed by atoms with Gasteiger partial charge < -0.3 is 14.6 Å². The summed E-state index contributed by atoms with van der Waals surface area (Å²) in [6, 6.07) is 15.5. The Balaban J connectivity index is 1.63. The van der Waals surface area contributed by atoms with Gasteiger partial charge >= 0.3 is 0 Å². The highest BCUT2D eigenvalue weighted by Gasteiger charge is 2.11. The first-order valence-electron chi connectivity index (χ1n) is 8.79. The van der Waals surface area contributed by atoms with Gasteiger partial charge in [0.1, 0.15) is 5.75 Å². The van der Waals surface area contributed by atoms with Crippen LogP contribution >= 0.6 is 11.8 Å². The summed E-state index contributed by atoms with van der Waals surface area (Å²) in [5.41, 5.74) is 1.93. The lowest BCUT2D eigenvalue weighted by Gasteiger charge is -2.12. The van der Waals surface area contributed by atoms with Crippen LogP contribution in [0.1, 0.15) is 25.3 Å². The Bertz CT molecular complexity index is 921. The summed E-state index contributed by atoms with van der Waals surface area (Å²) in [6.07, 6.45) is 3.64. The van der Waals surface area contributed by atoms with Crippen LogP contribution < -0.4 is 10.1 Å². The number of benzene rings is 2. The zero-order chi connectivity index (χ0) is 19.2. The van der Waals surface area contributed by atoms with Gasteiger partial charge in [-0.1, -0.05) is 38.1 Å². The van der Waals surface area contributed by atoms with E-state index in [-0.39, 0.29) is 12.5 Å². The van der Waals surface area contributed by atoms with Crippen LogP contribution in [0.2, 0.25) is 0 Å². The number of carbonyl (C=O) groups is 1. The molecule has 0 unspecified atom stereocenters. The number of nitrogens with one attached hydrogen (secondary N) is 1. The van der Waals surface area contributed by atoms with Gasteiger partial charge in [0.15, 0.2) is 11.8 Å². The minimum Gasteiger partial charge on any atom is -0.484 e. The second-order valence-electron chi connectivity index (χ2n) is 6.48. The third kappa shape index (κ3) is 5.14. The van der Waals surface area contributed by atoms with Gasteiger partial charge in [-0.2, -0.15) is 0 Å². The molecule has 0 aliphatic heterocycles. The zero-order valence-electron chi connectivity index (χ0n) is 15.7. The summed E-state index contributed by atoms with van der Waals surface area (Å²) in [5.74, 6) is 0.919. The maximum Gasteiger partial charge on any atom is 0.262 e. The van der Waals surface area contributed by atoms with E-state index in [9.17, 15) is 4.79 Å². The summed E-state index contributed by atoms with van der Waals surface area (Å²) >= 11 is 1.51. The van der Waals surface area contributed by atoms with E-state index in [1.807, 2.05) is 60.3 Å².